The Morgan fingerprint density at radius 3 is 1.65 bits per heavy atom. The smallest absolute Gasteiger partial charge is 0.184 e. The van der Waals surface area contributed by atoms with Crippen LogP contribution in [-0.2, 0) is 0 Å². The molecule has 0 aliphatic carbocycles. The first-order chi connectivity index (χ1) is 37.2. The van der Waals surface area contributed by atoms with Crippen LogP contribution >= 0.6 is 0 Å². The van der Waals surface area contributed by atoms with Crippen molar-refractivity contribution in [1.82, 2.24) is 18.9 Å². The zero-order valence-corrected chi connectivity index (χ0v) is 42.9. The first-order valence-electron chi connectivity index (χ1n) is 25.7. The summed E-state index contributed by atoms with van der Waals surface area (Å²) >= 11 is 0. The minimum Gasteiger partial charge on any atom is -0.311 e. The highest BCUT2D eigenvalue weighted by Crippen LogP contribution is 2.42. The third kappa shape index (κ3) is 6.29. The molecule has 15 rings (SSSR count). The van der Waals surface area contributed by atoms with Crippen LogP contribution in [0.4, 0.5) is 17.1 Å². The molecule has 10 aromatic carbocycles. The molecule has 1 aliphatic rings. The van der Waals surface area contributed by atoms with Crippen molar-refractivity contribution in [1.29, 1.82) is 0 Å². The second-order valence-corrected chi connectivity index (χ2v) is 27.2. The summed E-state index contributed by atoms with van der Waals surface area (Å²) in [6.07, 6.45) is 5.97. The van der Waals surface area contributed by atoms with Gasteiger partial charge in [0.1, 0.15) is 11.3 Å². The number of nitrogens with zero attached hydrogens (tertiary/aromatic N) is 5. The van der Waals surface area contributed by atoms with Gasteiger partial charge in [-0.2, -0.15) is 0 Å². The van der Waals surface area contributed by atoms with E-state index in [1.165, 1.54) is 63.6 Å². The minimum atomic E-state index is -3.12. The highest BCUT2D eigenvalue weighted by atomic mass is 28.3. The zero-order chi connectivity index (χ0) is 49.5. The Labute approximate surface area is 436 Å². The standard InChI is InChI=1S/C68H47N5Si2/c1-6-22-48(23-7-1)72-62-37-18-19-38-65(62)75(52-29-12-4-13-30-52,53-31-14-5-15-32-53)66-47-63-59(46-64(66)72)58-35-21-41-69-68(58)73(63)49-24-20-33-54(44-49)74(50-25-8-2-9-26-50,51-27-10-3-11-28-51)55-39-40-56-57-34-16-17-36-61(57)71-43-42-70-67(71)60(56)45-55/h1-47H. The summed E-state index contributed by atoms with van der Waals surface area (Å²) in [5.74, 6) is 0. The lowest BCUT2D eigenvalue weighted by Gasteiger charge is -2.45. The van der Waals surface area contributed by atoms with Crippen LogP contribution in [0.2, 0.25) is 0 Å². The van der Waals surface area contributed by atoms with Crippen LogP contribution in [0.15, 0.2) is 286 Å². The molecule has 0 saturated heterocycles. The molecule has 0 N–H and O–H groups in total. The average Bonchev–Trinajstić information content (AvgIpc) is 4.22. The van der Waals surface area contributed by atoms with Crippen molar-refractivity contribution in [2.75, 3.05) is 4.90 Å². The van der Waals surface area contributed by atoms with Crippen molar-refractivity contribution in [3.05, 3.63) is 286 Å². The summed E-state index contributed by atoms with van der Waals surface area (Å²) in [5.41, 5.74) is 8.76. The van der Waals surface area contributed by atoms with E-state index >= 15 is 0 Å². The fourth-order valence-electron chi connectivity index (χ4n) is 13.0. The number of aromatic nitrogens is 4. The van der Waals surface area contributed by atoms with E-state index in [1.807, 2.05) is 12.4 Å². The van der Waals surface area contributed by atoms with Gasteiger partial charge in [0.25, 0.3) is 0 Å². The van der Waals surface area contributed by atoms with Crippen molar-refractivity contribution in [2.45, 2.75) is 0 Å². The Balaban J connectivity index is 1.05. The predicted molar refractivity (Wildman–Crippen MR) is 318 cm³/mol. The van der Waals surface area contributed by atoms with Crippen LogP contribution in [-0.4, -0.2) is 35.1 Å². The van der Waals surface area contributed by atoms with Crippen molar-refractivity contribution in [3.8, 4) is 5.69 Å². The molecule has 5 heterocycles. The maximum Gasteiger partial charge on any atom is 0.184 e. The van der Waals surface area contributed by atoms with E-state index in [1.54, 1.807) is 0 Å². The van der Waals surface area contributed by atoms with Crippen LogP contribution in [0.5, 0.6) is 0 Å². The van der Waals surface area contributed by atoms with Gasteiger partial charge in [0.2, 0.25) is 0 Å². The van der Waals surface area contributed by atoms with Gasteiger partial charge in [0, 0.05) is 62.9 Å². The number of benzene rings is 10. The van der Waals surface area contributed by atoms with Gasteiger partial charge in [-0.1, -0.05) is 206 Å². The second-order valence-electron chi connectivity index (χ2n) is 19.7. The van der Waals surface area contributed by atoms with Crippen LogP contribution in [0.25, 0.3) is 54.9 Å². The number of fused-ring (bicyclic) bond motifs is 11. The average molecular weight is 990 g/mol. The minimum absolute atomic E-state index is 0.924. The Bertz CT molecular complexity index is 4400. The van der Waals surface area contributed by atoms with E-state index in [0.717, 1.165) is 49.9 Å². The number of pyridine rings is 2. The fourth-order valence-corrected chi connectivity index (χ4v) is 22.9. The number of rotatable bonds is 8. The molecule has 0 spiro atoms. The number of anilines is 3. The summed E-state index contributed by atoms with van der Waals surface area (Å²) in [4.78, 5) is 12.8. The lowest BCUT2D eigenvalue weighted by molar-refractivity contribution is 1.14. The largest absolute Gasteiger partial charge is 0.311 e. The van der Waals surface area contributed by atoms with Gasteiger partial charge in [-0.15, -0.1) is 0 Å². The second kappa shape index (κ2) is 17.1. The molecule has 14 aromatic rings. The first kappa shape index (κ1) is 43.2. The fraction of sp³-hybridized carbons (Fsp3) is 0. The van der Waals surface area contributed by atoms with Gasteiger partial charge < -0.3 is 4.90 Å². The number of hydrogen-bond acceptors (Lipinski definition) is 3. The van der Waals surface area contributed by atoms with Crippen LogP contribution in [0, 0.1) is 0 Å². The van der Waals surface area contributed by atoms with Crippen molar-refractivity contribution in [2.24, 2.45) is 0 Å². The number of para-hydroxylation sites is 3. The summed E-state index contributed by atoms with van der Waals surface area (Å²) in [5, 5.41) is 16.4. The quantitative estimate of drug-likeness (QED) is 0.0865. The monoisotopic (exact) mass is 989 g/mol. The molecule has 5 nitrogen and oxygen atoms in total. The van der Waals surface area contributed by atoms with Crippen molar-refractivity contribution >= 4 is 124 Å². The predicted octanol–water partition coefficient (Wildman–Crippen LogP) is 10.7. The lowest BCUT2D eigenvalue weighted by Crippen LogP contribution is -2.77. The summed E-state index contributed by atoms with van der Waals surface area (Å²) in [6, 6.07) is 99.9. The molecule has 352 valence electrons. The van der Waals surface area contributed by atoms with Crippen molar-refractivity contribution < 1.29 is 0 Å². The molecule has 7 heteroatoms. The summed E-state index contributed by atoms with van der Waals surface area (Å²) in [7, 11) is -6.17. The van der Waals surface area contributed by atoms with E-state index < -0.39 is 16.1 Å². The molecule has 75 heavy (non-hydrogen) atoms. The van der Waals surface area contributed by atoms with Crippen molar-refractivity contribution in [3.63, 3.8) is 0 Å². The van der Waals surface area contributed by atoms with Crippen LogP contribution in [0.1, 0.15) is 0 Å². The molecule has 0 atom stereocenters. The van der Waals surface area contributed by atoms with Gasteiger partial charge in [-0.05, 0) is 108 Å². The highest BCUT2D eigenvalue weighted by Gasteiger charge is 2.49. The van der Waals surface area contributed by atoms with Gasteiger partial charge in [0.05, 0.1) is 11.0 Å². The molecule has 1 aliphatic heterocycles. The molecule has 0 bridgehead atoms. The van der Waals surface area contributed by atoms with E-state index in [0.29, 0.717) is 0 Å². The highest BCUT2D eigenvalue weighted by molar-refractivity contribution is 7.21. The van der Waals surface area contributed by atoms with E-state index in [9.17, 15) is 0 Å². The zero-order valence-electron chi connectivity index (χ0n) is 40.9. The Kier molecular flexibility index (Phi) is 9.85. The molecule has 0 radical (unpaired) electrons. The maximum atomic E-state index is 5.30. The summed E-state index contributed by atoms with van der Waals surface area (Å²) in [6.45, 7) is 0. The maximum absolute atomic E-state index is 5.30. The first-order valence-corrected chi connectivity index (χ1v) is 29.7. The van der Waals surface area contributed by atoms with E-state index in [4.69, 9.17) is 9.97 Å². The van der Waals surface area contributed by atoms with Crippen LogP contribution in [0.3, 0.4) is 0 Å². The topological polar surface area (TPSA) is 38.4 Å². The molecular formula is C68H47N5Si2. The normalized spacial score (nSPS) is 13.1. The Hall–Kier alpha value is -9.41. The van der Waals surface area contributed by atoms with Gasteiger partial charge in [0.15, 0.2) is 16.1 Å². The third-order valence-corrected chi connectivity index (χ3v) is 25.6. The lowest BCUT2D eigenvalue weighted by atomic mass is 10.1. The molecule has 0 fully saturated rings. The van der Waals surface area contributed by atoms with Crippen LogP contribution < -0.4 is 46.4 Å². The summed E-state index contributed by atoms with van der Waals surface area (Å²) < 4.78 is 4.70. The number of hydrogen-bond donors (Lipinski definition) is 0. The molecule has 0 saturated carbocycles. The third-order valence-electron chi connectivity index (χ3n) is 16.0. The molecular weight excluding hydrogens is 943 g/mol. The SMILES string of the molecule is c1ccc(N2c3ccccc3[Si](c3ccccc3)(c3ccccc3)c3cc4c(cc32)c2cccnc2n4-c2cccc([Si](c3ccccc3)(c3ccccc3)c3ccc4c5ccccc5n5ccnc5c4c3)c2)cc1. The van der Waals surface area contributed by atoms with E-state index in [2.05, 4.69) is 287 Å². The van der Waals surface area contributed by atoms with Gasteiger partial charge in [-0.3, -0.25) is 8.97 Å². The Morgan fingerprint density at radius 2 is 0.920 bits per heavy atom. The van der Waals surface area contributed by atoms with Gasteiger partial charge in [-0.25, -0.2) is 9.97 Å². The Morgan fingerprint density at radius 1 is 0.333 bits per heavy atom. The van der Waals surface area contributed by atoms with E-state index in [-0.39, 0.29) is 0 Å². The number of imidazole rings is 1. The molecule has 0 unspecified atom stereocenters. The molecule has 0 amide bonds. The van der Waals surface area contributed by atoms with Gasteiger partial charge >= 0.3 is 0 Å². The molecule has 4 aromatic heterocycles.